The molecule has 0 aliphatic rings. The lowest BCUT2D eigenvalue weighted by atomic mass is 9.86. The van der Waals surface area contributed by atoms with Crippen LogP contribution in [0.15, 0.2) is 170 Å². The van der Waals surface area contributed by atoms with Crippen molar-refractivity contribution in [2.24, 2.45) is 0 Å². The maximum absolute atomic E-state index is 12.3. The molecule has 0 unspecified atom stereocenters. The Morgan fingerprint density at radius 1 is 0.603 bits per heavy atom. The van der Waals surface area contributed by atoms with E-state index in [1.165, 1.54) is 0 Å². The second-order valence-corrected chi connectivity index (χ2v) is 16.3. The Morgan fingerprint density at radius 2 is 1.29 bits per heavy atom. The minimum absolute atomic E-state index is 0.0161. The molecular weight excluding hydrogens is 767 g/mol. The van der Waals surface area contributed by atoms with Crippen molar-refractivity contribution >= 4 is 11.0 Å². The Morgan fingerprint density at radius 3 is 1.95 bits per heavy atom. The van der Waals surface area contributed by atoms with Crippen LogP contribution >= 0.6 is 0 Å². The van der Waals surface area contributed by atoms with E-state index in [9.17, 15) is 9.22 Å². The van der Waals surface area contributed by atoms with Gasteiger partial charge in [-0.3, -0.25) is 9.55 Å². The van der Waals surface area contributed by atoms with Gasteiger partial charge in [-0.25, -0.2) is 4.98 Å². The predicted molar refractivity (Wildman–Crippen MR) is 265 cm³/mol. The topological polar surface area (TPSA) is 50.9 Å². The average Bonchev–Trinajstić information content (AvgIpc) is 1.57. The smallest absolute Gasteiger partial charge is 0.149 e. The molecule has 4 heteroatoms. The van der Waals surface area contributed by atoms with Gasteiger partial charge in [0.2, 0.25) is 0 Å². The van der Waals surface area contributed by atoms with Crippen molar-refractivity contribution in [2.75, 3.05) is 0 Å². The highest BCUT2D eigenvalue weighted by atomic mass is 16.3. The summed E-state index contributed by atoms with van der Waals surface area (Å²) < 4.78 is 166. The molecule has 0 bridgehead atoms. The molecule has 1 N–H and O–H groups in total. The van der Waals surface area contributed by atoms with Crippen LogP contribution in [0.3, 0.4) is 0 Å². The third-order valence-corrected chi connectivity index (χ3v) is 11.1. The van der Waals surface area contributed by atoms with E-state index in [1.807, 2.05) is 129 Å². The molecule has 0 radical (unpaired) electrons. The highest BCUT2D eigenvalue weighted by Gasteiger charge is 2.24. The fraction of sp³-hybridized carbons (Fsp3) is 0.186. The molecule has 2 heterocycles. The van der Waals surface area contributed by atoms with Gasteiger partial charge < -0.3 is 5.11 Å². The van der Waals surface area contributed by atoms with Crippen LogP contribution in [0.25, 0.3) is 83.9 Å². The summed E-state index contributed by atoms with van der Waals surface area (Å²) in [7, 11) is 0. The monoisotopic (exact) mass is 841 g/mol. The molecule has 0 atom stereocenters. The van der Waals surface area contributed by atoms with Gasteiger partial charge in [0.05, 0.1) is 31.9 Å². The van der Waals surface area contributed by atoms with Gasteiger partial charge in [-0.2, -0.15) is 0 Å². The SMILES string of the molecule is [2H]c1nc(-c2cc(-c3ccccc3)cc(-c3cccc4c3nc(-c3cc(C(C)C)cc(C(C)C)c3O)n4-c3cc(-c4ccccc4)cc(C([2H])([2H])[2H])c3)c2)c([2H])c(-c2c([2H])c([2H])c(C(C([2H])([2H])[2H])(C([2H])([2H])[2H])C([2H])([2H])[2H])c([2H])c2[2H])c1[2H]. The molecule has 4 nitrogen and oxygen atoms in total. The standard InChI is InChI=1S/C59H55N3O/c1-37(2)44-34-52(38(3)4)57(63)53(35-44)58-61-56-51(20-15-21-55(56)62(58)50-29-39(5)28-45(33-50)40-16-11-9-12-17-40)47-30-46(41-18-13-10-14-19-41)31-48(32-47)54-36-43(26-27-60-54)42-22-24-49(25-23-42)59(6,7)8/h9-38,63H,1-8H3/i5D3,6D3,7D3,8D3,22D,23D,24D,25D,26D,27D,36D. The summed E-state index contributed by atoms with van der Waals surface area (Å²) >= 11 is 0. The van der Waals surface area contributed by atoms with Crippen LogP contribution in [-0.4, -0.2) is 19.6 Å². The van der Waals surface area contributed by atoms with Gasteiger partial charge >= 0.3 is 0 Å². The van der Waals surface area contributed by atoms with Crippen LogP contribution in [0, 0.1) is 6.85 Å². The van der Waals surface area contributed by atoms with Gasteiger partial charge in [-0.1, -0.05) is 157 Å². The molecule has 0 saturated heterocycles. The minimum Gasteiger partial charge on any atom is -0.507 e. The molecule has 7 aromatic carbocycles. The number of aryl methyl sites for hydroxylation is 1. The summed E-state index contributed by atoms with van der Waals surface area (Å²) in [6.07, 6.45) is -0.778. The Kier molecular flexibility index (Phi) is 6.50. The molecule has 63 heavy (non-hydrogen) atoms. The van der Waals surface area contributed by atoms with E-state index in [1.54, 1.807) is 30.3 Å². The molecule has 2 aromatic heterocycles. The first-order valence-electron chi connectivity index (χ1n) is 30.1. The number of hydrogen-bond donors (Lipinski definition) is 1. The van der Waals surface area contributed by atoms with Crippen LogP contribution < -0.4 is 0 Å². The summed E-state index contributed by atoms with van der Waals surface area (Å²) in [5.41, 5.74) is 0.00143. The van der Waals surface area contributed by atoms with E-state index in [0.717, 1.165) is 11.1 Å². The van der Waals surface area contributed by atoms with Gasteiger partial charge in [0.25, 0.3) is 0 Å². The molecule has 312 valence electrons. The van der Waals surface area contributed by atoms with E-state index in [2.05, 4.69) is 4.98 Å². The minimum atomic E-state index is -3.95. The Labute approximate surface area is 399 Å². The summed E-state index contributed by atoms with van der Waals surface area (Å²) in [4.78, 5) is 9.76. The van der Waals surface area contributed by atoms with Crippen LogP contribution in [-0.2, 0) is 5.41 Å². The van der Waals surface area contributed by atoms with Gasteiger partial charge in [0, 0.05) is 39.4 Å². The number of aromatic nitrogens is 3. The van der Waals surface area contributed by atoms with Crippen molar-refractivity contribution in [3.63, 3.8) is 0 Å². The highest BCUT2D eigenvalue weighted by Crippen LogP contribution is 2.44. The van der Waals surface area contributed by atoms with E-state index in [-0.39, 0.29) is 40.2 Å². The third kappa shape index (κ3) is 8.22. The fourth-order valence-corrected chi connectivity index (χ4v) is 7.86. The first kappa shape index (κ1) is 24.6. The first-order valence-corrected chi connectivity index (χ1v) is 20.6. The van der Waals surface area contributed by atoms with Crippen molar-refractivity contribution < 1.29 is 31.2 Å². The largest absolute Gasteiger partial charge is 0.507 e. The van der Waals surface area contributed by atoms with Crippen molar-refractivity contribution in [1.82, 2.24) is 14.5 Å². The summed E-state index contributed by atoms with van der Waals surface area (Å²) in [6.45, 7) is -6.38. The lowest BCUT2D eigenvalue weighted by molar-refractivity contribution is 0.466. The summed E-state index contributed by atoms with van der Waals surface area (Å²) in [5.74, 6) is 0.168. The normalized spacial score (nSPS) is 17.0. The number of hydrogen-bond acceptors (Lipinski definition) is 3. The number of phenolic OH excluding ortho intramolecular Hbond substituents is 1. The van der Waals surface area contributed by atoms with E-state index in [4.69, 9.17) is 26.9 Å². The van der Waals surface area contributed by atoms with Crippen LogP contribution in [0.2, 0.25) is 0 Å². The fourth-order valence-electron chi connectivity index (χ4n) is 7.86. The molecule has 0 aliphatic heterocycles. The lowest BCUT2D eigenvalue weighted by Crippen LogP contribution is -2.10. The second-order valence-electron chi connectivity index (χ2n) is 16.3. The van der Waals surface area contributed by atoms with Crippen LogP contribution in [0.4, 0.5) is 0 Å². The van der Waals surface area contributed by atoms with E-state index < -0.39 is 91.9 Å². The first-order chi connectivity index (χ1) is 38.2. The van der Waals surface area contributed by atoms with Gasteiger partial charge in [-0.05, 0) is 140 Å². The van der Waals surface area contributed by atoms with Crippen molar-refractivity contribution in [3.8, 4) is 78.6 Å². The van der Waals surface area contributed by atoms with Crippen LogP contribution in [0.1, 0.15) is 108 Å². The van der Waals surface area contributed by atoms with E-state index >= 15 is 0 Å². The number of benzene rings is 7. The maximum atomic E-state index is 12.3. The van der Waals surface area contributed by atoms with E-state index in [0.29, 0.717) is 55.7 Å². The number of rotatable bonds is 9. The molecular formula is C59H55N3O. The molecule has 0 spiro atoms. The molecule has 0 saturated carbocycles. The predicted octanol–water partition coefficient (Wildman–Crippen LogP) is 16.0. The van der Waals surface area contributed by atoms with Crippen molar-refractivity contribution in [3.05, 3.63) is 192 Å². The Balaban J connectivity index is 1.36. The second kappa shape index (κ2) is 16.7. The summed E-state index contributed by atoms with van der Waals surface area (Å²) in [5, 5.41) is 12.3. The molecule has 0 amide bonds. The number of imidazole rings is 1. The van der Waals surface area contributed by atoms with Gasteiger partial charge in [-0.15, -0.1) is 0 Å². The number of pyridine rings is 1. The quantitative estimate of drug-likeness (QED) is 0.157. The average molecular weight is 841 g/mol. The van der Waals surface area contributed by atoms with Crippen molar-refractivity contribution in [2.45, 2.75) is 72.4 Å². The molecule has 9 rings (SSSR count). The van der Waals surface area contributed by atoms with Crippen molar-refractivity contribution in [1.29, 1.82) is 0 Å². The molecule has 0 fully saturated rings. The molecule has 9 aromatic rings. The zero-order valence-corrected chi connectivity index (χ0v) is 35.1. The zero-order valence-electron chi connectivity index (χ0n) is 54.1. The van der Waals surface area contributed by atoms with Crippen LogP contribution in [0.5, 0.6) is 5.75 Å². The Bertz CT molecular complexity index is 3910. The third-order valence-electron chi connectivity index (χ3n) is 11.1. The summed E-state index contributed by atoms with van der Waals surface area (Å²) in [6, 6.07) is 31.5. The maximum Gasteiger partial charge on any atom is 0.149 e. The number of para-hydroxylation sites is 1. The lowest BCUT2D eigenvalue weighted by Gasteiger charge is -2.19. The molecule has 0 aliphatic carbocycles. The number of aromatic hydroxyl groups is 1. The number of phenols is 1. The number of nitrogens with zero attached hydrogens (tertiary/aromatic N) is 3. The number of fused-ring (bicyclic) bond motifs is 1. The Hall–Kier alpha value is -7.04. The van der Waals surface area contributed by atoms with Gasteiger partial charge in [0.1, 0.15) is 11.6 Å². The van der Waals surface area contributed by atoms with Gasteiger partial charge in [0.15, 0.2) is 0 Å². The zero-order chi connectivity index (χ0) is 60.1. The highest BCUT2D eigenvalue weighted by molar-refractivity contribution is 5.98.